The van der Waals surface area contributed by atoms with E-state index >= 15 is 0 Å². The van der Waals surface area contributed by atoms with Crippen molar-refractivity contribution in [3.8, 4) is 22.9 Å². The normalized spacial score (nSPS) is 13.6. The second-order valence-electron chi connectivity index (χ2n) is 8.45. The Balaban J connectivity index is 1.48. The Hall–Kier alpha value is -4.15. The fourth-order valence-corrected chi connectivity index (χ4v) is 3.60. The van der Waals surface area contributed by atoms with Crippen LogP contribution in [-0.4, -0.2) is 39.3 Å². The third kappa shape index (κ3) is 5.56. The molecule has 4 aromatic rings. The van der Waals surface area contributed by atoms with E-state index in [0.717, 1.165) is 12.8 Å². The van der Waals surface area contributed by atoms with Gasteiger partial charge in [-0.05, 0) is 37.1 Å². The van der Waals surface area contributed by atoms with E-state index in [-0.39, 0.29) is 41.5 Å². The van der Waals surface area contributed by atoms with Gasteiger partial charge in [0.05, 0.1) is 24.0 Å². The smallest absolute Gasteiger partial charge is 0.390 e. The molecule has 2 aromatic heterocycles. The van der Waals surface area contributed by atoms with Gasteiger partial charge in [0.1, 0.15) is 11.6 Å². The van der Waals surface area contributed by atoms with Crippen LogP contribution in [0.15, 0.2) is 60.8 Å². The molecule has 186 valence electrons. The molecule has 0 unspecified atom stereocenters. The Kier molecular flexibility index (Phi) is 6.21. The van der Waals surface area contributed by atoms with E-state index in [4.69, 9.17) is 4.74 Å². The first kappa shape index (κ1) is 23.6. The lowest BCUT2D eigenvalue weighted by atomic mass is 10.1. The Morgan fingerprint density at radius 3 is 2.58 bits per heavy atom. The summed E-state index contributed by atoms with van der Waals surface area (Å²) in [4.78, 5) is 16.6. The van der Waals surface area contributed by atoms with Crippen molar-refractivity contribution in [2.24, 2.45) is 0 Å². The number of nitrogens with zero attached hydrogens (tertiary/aromatic N) is 3. The van der Waals surface area contributed by atoms with Gasteiger partial charge in [-0.15, -0.1) is 5.10 Å². The number of aromatic nitrogens is 3. The predicted molar refractivity (Wildman–Crippen MR) is 125 cm³/mol. The van der Waals surface area contributed by atoms with Gasteiger partial charge in [-0.3, -0.25) is 4.79 Å². The molecule has 0 aliphatic heterocycles. The van der Waals surface area contributed by atoms with Gasteiger partial charge in [0.2, 0.25) is 5.88 Å². The molecule has 0 spiro atoms. The molecule has 1 saturated carbocycles. The van der Waals surface area contributed by atoms with Gasteiger partial charge in [0, 0.05) is 35.8 Å². The molecule has 2 aromatic carbocycles. The van der Waals surface area contributed by atoms with Crippen molar-refractivity contribution in [3.05, 3.63) is 72.2 Å². The van der Waals surface area contributed by atoms with E-state index in [2.05, 4.69) is 20.7 Å². The summed E-state index contributed by atoms with van der Waals surface area (Å²) >= 11 is 0. The van der Waals surface area contributed by atoms with Crippen molar-refractivity contribution in [2.75, 3.05) is 11.9 Å². The highest BCUT2D eigenvalue weighted by Crippen LogP contribution is 2.30. The number of fused-ring (bicyclic) bond motifs is 1. The zero-order valence-corrected chi connectivity index (χ0v) is 18.8. The molecule has 0 radical (unpaired) electrons. The standard InChI is InChI=1S/C25H21F4N5O2/c26-17-2-1-3-19(12-17)36-22-13-20(30-11-10-25(27,28)29)23-31-14-21(34(23)33-22)15-4-6-16(7-5-15)24(35)32-18-8-9-18/h1-7,12-14,18,30H,8-11H2,(H,32,35). The maximum absolute atomic E-state index is 13.6. The molecule has 5 rings (SSSR count). The van der Waals surface area contributed by atoms with E-state index < -0.39 is 18.4 Å². The van der Waals surface area contributed by atoms with Crippen molar-refractivity contribution in [3.63, 3.8) is 0 Å². The van der Waals surface area contributed by atoms with Gasteiger partial charge >= 0.3 is 6.18 Å². The number of amides is 1. The van der Waals surface area contributed by atoms with E-state index in [9.17, 15) is 22.4 Å². The second-order valence-corrected chi connectivity index (χ2v) is 8.45. The summed E-state index contributed by atoms with van der Waals surface area (Å²) in [5, 5.41) is 10.1. The van der Waals surface area contributed by atoms with Crippen LogP contribution in [0.1, 0.15) is 29.6 Å². The second kappa shape index (κ2) is 9.48. The van der Waals surface area contributed by atoms with E-state index in [1.807, 2.05) is 0 Å². The van der Waals surface area contributed by atoms with E-state index in [1.165, 1.54) is 41.0 Å². The summed E-state index contributed by atoms with van der Waals surface area (Å²) in [7, 11) is 0. The van der Waals surface area contributed by atoms with E-state index in [1.54, 1.807) is 24.3 Å². The van der Waals surface area contributed by atoms with Crippen LogP contribution in [0.3, 0.4) is 0 Å². The summed E-state index contributed by atoms with van der Waals surface area (Å²) in [5.74, 6) is -0.452. The Labute approximate surface area is 203 Å². The molecule has 36 heavy (non-hydrogen) atoms. The van der Waals surface area contributed by atoms with E-state index in [0.29, 0.717) is 16.8 Å². The quantitative estimate of drug-likeness (QED) is 0.309. The first-order chi connectivity index (χ1) is 17.2. The molecule has 0 saturated heterocycles. The molecule has 1 fully saturated rings. The lowest BCUT2D eigenvalue weighted by Gasteiger charge is -2.13. The largest absolute Gasteiger partial charge is 0.437 e. The van der Waals surface area contributed by atoms with Crippen LogP contribution in [-0.2, 0) is 0 Å². The molecule has 1 aliphatic carbocycles. The molecule has 2 heterocycles. The number of nitrogens with one attached hydrogen (secondary N) is 2. The van der Waals surface area contributed by atoms with Crippen LogP contribution in [0.4, 0.5) is 23.2 Å². The van der Waals surface area contributed by atoms with Crippen LogP contribution in [0.2, 0.25) is 0 Å². The molecule has 1 amide bonds. The summed E-state index contributed by atoms with van der Waals surface area (Å²) in [6.07, 6.45) is -1.87. The maximum atomic E-state index is 13.6. The van der Waals surface area contributed by atoms with Crippen LogP contribution < -0.4 is 15.4 Å². The van der Waals surface area contributed by atoms with Crippen LogP contribution in [0.25, 0.3) is 16.9 Å². The van der Waals surface area contributed by atoms with Crippen molar-refractivity contribution in [1.82, 2.24) is 19.9 Å². The Morgan fingerprint density at radius 1 is 1.11 bits per heavy atom. The van der Waals surface area contributed by atoms with Crippen molar-refractivity contribution in [2.45, 2.75) is 31.5 Å². The SMILES string of the molecule is O=C(NC1CC1)c1ccc(-c2cnc3c(NCCC(F)(F)F)cc(Oc4cccc(F)c4)nn23)cc1. The van der Waals surface area contributed by atoms with Gasteiger partial charge in [-0.2, -0.15) is 13.2 Å². The Bertz CT molecular complexity index is 1400. The highest BCUT2D eigenvalue weighted by Gasteiger charge is 2.27. The molecule has 0 atom stereocenters. The molecule has 11 heteroatoms. The van der Waals surface area contributed by atoms with Gasteiger partial charge in [-0.1, -0.05) is 18.2 Å². The zero-order valence-electron chi connectivity index (χ0n) is 18.8. The zero-order chi connectivity index (χ0) is 25.3. The third-order valence-corrected chi connectivity index (χ3v) is 5.54. The van der Waals surface area contributed by atoms with Crippen molar-refractivity contribution in [1.29, 1.82) is 0 Å². The minimum absolute atomic E-state index is 0.0299. The fraction of sp³-hybridized carbons (Fsp3) is 0.240. The average molecular weight is 499 g/mol. The van der Waals surface area contributed by atoms with Gasteiger partial charge < -0.3 is 15.4 Å². The molecular weight excluding hydrogens is 478 g/mol. The first-order valence-electron chi connectivity index (χ1n) is 11.3. The van der Waals surface area contributed by atoms with Crippen LogP contribution >= 0.6 is 0 Å². The number of benzene rings is 2. The highest BCUT2D eigenvalue weighted by atomic mass is 19.4. The van der Waals surface area contributed by atoms with Crippen molar-refractivity contribution >= 4 is 17.2 Å². The lowest BCUT2D eigenvalue weighted by molar-refractivity contribution is -0.131. The summed E-state index contributed by atoms with van der Waals surface area (Å²) < 4.78 is 58.9. The number of hydrogen-bond donors (Lipinski definition) is 2. The summed E-state index contributed by atoms with van der Waals surface area (Å²) in [6, 6.07) is 13.9. The molecular formula is C25H21F4N5O2. The van der Waals surface area contributed by atoms with Crippen LogP contribution in [0, 0.1) is 5.82 Å². The predicted octanol–water partition coefficient (Wildman–Crippen LogP) is 5.58. The number of alkyl halides is 3. The van der Waals surface area contributed by atoms with Gasteiger partial charge in [0.15, 0.2) is 5.65 Å². The summed E-state index contributed by atoms with van der Waals surface area (Å²) in [5.41, 5.74) is 2.28. The number of carbonyl (C=O) groups excluding carboxylic acids is 1. The Morgan fingerprint density at radius 2 is 1.89 bits per heavy atom. The fourth-order valence-electron chi connectivity index (χ4n) is 3.60. The third-order valence-electron chi connectivity index (χ3n) is 5.54. The molecule has 7 nitrogen and oxygen atoms in total. The molecule has 0 bridgehead atoms. The summed E-state index contributed by atoms with van der Waals surface area (Å²) in [6.45, 7) is -0.379. The number of hydrogen-bond acceptors (Lipinski definition) is 5. The number of halogens is 4. The molecule has 2 N–H and O–H groups in total. The number of rotatable bonds is 8. The lowest BCUT2D eigenvalue weighted by Crippen LogP contribution is -2.25. The molecule has 1 aliphatic rings. The number of imidazole rings is 1. The minimum Gasteiger partial charge on any atom is -0.437 e. The average Bonchev–Trinajstić information content (AvgIpc) is 3.54. The highest BCUT2D eigenvalue weighted by molar-refractivity contribution is 5.95. The first-order valence-corrected chi connectivity index (χ1v) is 11.3. The van der Waals surface area contributed by atoms with Gasteiger partial charge in [-0.25, -0.2) is 13.9 Å². The van der Waals surface area contributed by atoms with Gasteiger partial charge in [0.25, 0.3) is 5.91 Å². The monoisotopic (exact) mass is 499 g/mol. The van der Waals surface area contributed by atoms with Crippen LogP contribution in [0.5, 0.6) is 11.6 Å². The van der Waals surface area contributed by atoms with Crippen molar-refractivity contribution < 1.29 is 27.1 Å². The number of anilines is 1. The number of ether oxygens (including phenoxy) is 1. The maximum Gasteiger partial charge on any atom is 0.390 e. The number of carbonyl (C=O) groups is 1. The topological polar surface area (TPSA) is 80.5 Å². The minimum atomic E-state index is -4.33.